The molecule has 1 heterocycles. The number of rotatable bonds is 0. The van der Waals surface area contributed by atoms with Crippen molar-refractivity contribution in [1.82, 2.24) is 4.98 Å². The number of nitrogens with one attached hydrogen (secondary N) is 1. The van der Waals surface area contributed by atoms with Gasteiger partial charge < -0.3 is 10.7 Å². The molecule has 1 aliphatic carbocycles. The standard InChI is InChI=1S/C12H14N2.ClH/c13-8-5-6-10-9-3-1-2-4-11(9)14-12(10)7-8;/h5-7,14H,1-4,13H2;1H. The number of fused-ring (bicyclic) bond motifs is 3. The van der Waals surface area contributed by atoms with E-state index in [9.17, 15) is 0 Å². The minimum atomic E-state index is 0. The molecule has 0 aliphatic heterocycles. The summed E-state index contributed by atoms with van der Waals surface area (Å²) in [6, 6.07) is 6.17. The van der Waals surface area contributed by atoms with Crippen LogP contribution in [0.1, 0.15) is 24.1 Å². The lowest BCUT2D eigenvalue weighted by Crippen LogP contribution is -1.99. The summed E-state index contributed by atoms with van der Waals surface area (Å²) in [4.78, 5) is 3.48. The van der Waals surface area contributed by atoms with Crippen LogP contribution < -0.4 is 5.73 Å². The molecule has 1 aromatic carbocycles. The first kappa shape index (κ1) is 10.4. The number of halogens is 1. The van der Waals surface area contributed by atoms with Gasteiger partial charge >= 0.3 is 0 Å². The van der Waals surface area contributed by atoms with Crippen LogP contribution in [0.15, 0.2) is 18.2 Å². The summed E-state index contributed by atoms with van der Waals surface area (Å²) in [7, 11) is 0. The van der Waals surface area contributed by atoms with Gasteiger partial charge in [0.15, 0.2) is 0 Å². The molecule has 3 heteroatoms. The Labute approximate surface area is 95.3 Å². The maximum atomic E-state index is 5.76. The van der Waals surface area contributed by atoms with E-state index in [4.69, 9.17) is 5.73 Å². The SMILES string of the molecule is Cl.Nc1ccc2c3c([nH]c2c1)CCCC3. The van der Waals surface area contributed by atoms with E-state index in [0.29, 0.717) is 0 Å². The highest BCUT2D eigenvalue weighted by atomic mass is 35.5. The first-order valence-corrected chi connectivity index (χ1v) is 5.23. The summed E-state index contributed by atoms with van der Waals surface area (Å²) in [6.07, 6.45) is 5.06. The molecule has 0 fully saturated rings. The zero-order valence-electron chi connectivity index (χ0n) is 8.55. The Morgan fingerprint density at radius 1 is 1.13 bits per heavy atom. The largest absolute Gasteiger partial charge is 0.399 e. The van der Waals surface area contributed by atoms with Gasteiger partial charge in [0.2, 0.25) is 0 Å². The molecule has 0 atom stereocenters. The Hall–Kier alpha value is -1.15. The average molecular weight is 223 g/mol. The van der Waals surface area contributed by atoms with Crippen molar-refractivity contribution >= 4 is 29.0 Å². The molecule has 0 bridgehead atoms. The topological polar surface area (TPSA) is 41.8 Å². The van der Waals surface area contributed by atoms with Crippen LogP contribution in [0.2, 0.25) is 0 Å². The predicted molar refractivity (Wildman–Crippen MR) is 66.6 cm³/mol. The molecule has 0 saturated carbocycles. The van der Waals surface area contributed by atoms with E-state index in [-0.39, 0.29) is 12.4 Å². The lowest BCUT2D eigenvalue weighted by Gasteiger charge is -2.10. The number of hydrogen-bond acceptors (Lipinski definition) is 1. The Morgan fingerprint density at radius 2 is 1.93 bits per heavy atom. The highest BCUT2D eigenvalue weighted by Gasteiger charge is 2.14. The van der Waals surface area contributed by atoms with Crippen molar-refractivity contribution in [2.24, 2.45) is 0 Å². The van der Waals surface area contributed by atoms with E-state index < -0.39 is 0 Å². The molecule has 1 aromatic heterocycles. The molecular formula is C12H15ClN2. The van der Waals surface area contributed by atoms with Crippen molar-refractivity contribution in [3.05, 3.63) is 29.5 Å². The zero-order valence-corrected chi connectivity index (χ0v) is 9.36. The third kappa shape index (κ3) is 1.59. The van der Waals surface area contributed by atoms with E-state index in [0.717, 1.165) is 5.69 Å². The molecule has 2 aromatic rings. The highest BCUT2D eigenvalue weighted by molar-refractivity contribution is 5.87. The van der Waals surface area contributed by atoms with Crippen LogP contribution >= 0.6 is 12.4 Å². The van der Waals surface area contributed by atoms with Crippen molar-refractivity contribution in [2.45, 2.75) is 25.7 Å². The van der Waals surface area contributed by atoms with E-state index in [1.165, 1.54) is 47.8 Å². The number of aryl methyl sites for hydroxylation is 2. The molecule has 1 aliphatic rings. The Morgan fingerprint density at radius 3 is 2.80 bits per heavy atom. The molecule has 0 unspecified atom stereocenters. The first-order valence-electron chi connectivity index (χ1n) is 5.23. The Bertz CT molecular complexity index is 488. The van der Waals surface area contributed by atoms with Gasteiger partial charge in [-0.05, 0) is 43.4 Å². The van der Waals surface area contributed by atoms with Crippen LogP contribution in [0, 0.1) is 0 Å². The number of aromatic amines is 1. The van der Waals surface area contributed by atoms with Crippen LogP contribution in [0.25, 0.3) is 10.9 Å². The summed E-state index contributed by atoms with van der Waals surface area (Å²) in [5.74, 6) is 0. The molecule has 2 nitrogen and oxygen atoms in total. The van der Waals surface area contributed by atoms with Crippen LogP contribution in [0.4, 0.5) is 5.69 Å². The van der Waals surface area contributed by atoms with Crippen molar-refractivity contribution in [3.63, 3.8) is 0 Å². The molecule has 0 amide bonds. The number of nitrogen functional groups attached to an aromatic ring is 1. The van der Waals surface area contributed by atoms with Gasteiger partial charge in [-0.25, -0.2) is 0 Å². The van der Waals surface area contributed by atoms with Crippen LogP contribution in [-0.4, -0.2) is 4.98 Å². The highest BCUT2D eigenvalue weighted by Crippen LogP contribution is 2.29. The fourth-order valence-electron chi connectivity index (χ4n) is 2.43. The molecule has 3 N–H and O–H groups in total. The van der Waals surface area contributed by atoms with Gasteiger partial charge in [0.25, 0.3) is 0 Å². The van der Waals surface area contributed by atoms with Crippen molar-refractivity contribution in [2.75, 3.05) is 5.73 Å². The Balaban J connectivity index is 0.000000853. The lowest BCUT2D eigenvalue weighted by molar-refractivity contribution is 0.680. The molecule has 0 spiro atoms. The average Bonchev–Trinajstić information content (AvgIpc) is 2.54. The van der Waals surface area contributed by atoms with Crippen molar-refractivity contribution in [3.8, 4) is 0 Å². The number of benzene rings is 1. The van der Waals surface area contributed by atoms with E-state index in [1.54, 1.807) is 0 Å². The normalized spacial score (nSPS) is 14.7. The summed E-state index contributed by atoms with van der Waals surface area (Å²) in [5.41, 5.74) is 10.8. The van der Waals surface area contributed by atoms with Crippen LogP contribution in [0.5, 0.6) is 0 Å². The van der Waals surface area contributed by atoms with Gasteiger partial charge in [-0.15, -0.1) is 12.4 Å². The zero-order chi connectivity index (χ0) is 9.54. The second-order valence-electron chi connectivity index (χ2n) is 4.09. The maximum Gasteiger partial charge on any atom is 0.0479 e. The maximum absolute atomic E-state index is 5.76. The summed E-state index contributed by atoms with van der Waals surface area (Å²) in [5, 5.41) is 1.37. The number of H-pyrrole nitrogens is 1. The second-order valence-corrected chi connectivity index (χ2v) is 4.09. The summed E-state index contributed by atoms with van der Waals surface area (Å²) >= 11 is 0. The van der Waals surface area contributed by atoms with E-state index in [1.807, 2.05) is 12.1 Å². The van der Waals surface area contributed by atoms with Gasteiger partial charge in [0.1, 0.15) is 0 Å². The number of anilines is 1. The summed E-state index contributed by atoms with van der Waals surface area (Å²) in [6.45, 7) is 0. The van der Waals surface area contributed by atoms with E-state index >= 15 is 0 Å². The number of nitrogens with two attached hydrogens (primary N) is 1. The first-order chi connectivity index (χ1) is 6.84. The molecule has 80 valence electrons. The molecular weight excluding hydrogens is 208 g/mol. The second kappa shape index (κ2) is 3.78. The molecule has 15 heavy (non-hydrogen) atoms. The molecule has 0 radical (unpaired) electrons. The fourth-order valence-corrected chi connectivity index (χ4v) is 2.43. The third-order valence-corrected chi connectivity index (χ3v) is 3.12. The van der Waals surface area contributed by atoms with Crippen LogP contribution in [-0.2, 0) is 12.8 Å². The van der Waals surface area contributed by atoms with Crippen molar-refractivity contribution in [1.29, 1.82) is 0 Å². The fraction of sp³-hybridized carbons (Fsp3) is 0.333. The third-order valence-electron chi connectivity index (χ3n) is 3.12. The van der Waals surface area contributed by atoms with Crippen molar-refractivity contribution < 1.29 is 0 Å². The minimum Gasteiger partial charge on any atom is -0.399 e. The monoisotopic (exact) mass is 222 g/mol. The Kier molecular flexibility index (Phi) is 2.61. The van der Waals surface area contributed by atoms with Gasteiger partial charge in [-0.3, -0.25) is 0 Å². The van der Waals surface area contributed by atoms with Gasteiger partial charge in [-0.2, -0.15) is 0 Å². The number of hydrogen-bond donors (Lipinski definition) is 2. The summed E-state index contributed by atoms with van der Waals surface area (Å²) < 4.78 is 0. The van der Waals surface area contributed by atoms with Gasteiger partial charge in [0.05, 0.1) is 0 Å². The quantitative estimate of drug-likeness (QED) is 0.661. The lowest BCUT2D eigenvalue weighted by atomic mass is 9.96. The minimum absolute atomic E-state index is 0. The van der Waals surface area contributed by atoms with E-state index in [2.05, 4.69) is 11.1 Å². The molecule has 0 saturated heterocycles. The predicted octanol–water partition coefficient (Wildman–Crippen LogP) is 3.05. The van der Waals surface area contributed by atoms with Gasteiger partial charge in [0, 0.05) is 22.3 Å². The smallest absolute Gasteiger partial charge is 0.0479 e. The van der Waals surface area contributed by atoms with Crippen LogP contribution in [0.3, 0.4) is 0 Å². The number of aromatic nitrogens is 1. The molecule has 3 rings (SSSR count). The van der Waals surface area contributed by atoms with Gasteiger partial charge in [-0.1, -0.05) is 6.07 Å².